The lowest BCUT2D eigenvalue weighted by molar-refractivity contribution is 0.0155. The first-order valence-corrected chi connectivity index (χ1v) is 8.31. The van der Waals surface area contributed by atoms with Crippen molar-refractivity contribution in [2.75, 3.05) is 14.2 Å². The Balaban J connectivity index is 2.70. The smallest absolute Gasteiger partial charge is 0.131 e. The first kappa shape index (κ1) is 18.5. The molecule has 0 aromatic heterocycles. The molecule has 0 radical (unpaired) electrons. The summed E-state index contributed by atoms with van der Waals surface area (Å²) in [5.74, 6) is 0.381. The van der Waals surface area contributed by atoms with Gasteiger partial charge < -0.3 is 9.47 Å². The van der Waals surface area contributed by atoms with Crippen molar-refractivity contribution in [1.29, 1.82) is 0 Å². The number of ether oxygens (including phenoxy) is 2. The first-order valence-electron chi connectivity index (χ1n) is 8.31. The fourth-order valence-electron chi connectivity index (χ4n) is 3.08. The third-order valence-electron chi connectivity index (χ3n) is 4.29. The van der Waals surface area contributed by atoms with Gasteiger partial charge in [0.05, 0.1) is 13.2 Å². The Morgan fingerprint density at radius 3 is 2.25 bits per heavy atom. The lowest BCUT2D eigenvalue weighted by Crippen LogP contribution is -2.21. The van der Waals surface area contributed by atoms with Crippen LogP contribution in [0, 0.1) is 11.2 Å². The van der Waals surface area contributed by atoms with E-state index in [0.29, 0.717) is 11.3 Å². The monoisotopic (exact) mass is 330 g/mol. The molecule has 0 fully saturated rings. The highest BCUT2D eigenvalue weighted by Gasteiger charge is 2.29. The molecule has 0 unspecified atom stereocenters. The van der Waals surface area contributed by atoms with Crippen LogP contribution in [0.3, 0.4) is 0 Å². The Bertz CT molecular complexity index is 701. The highest BCUT2D eigenvalue weighted by atomic mass is 19.1. The molecule has 3 heteroatoms. The number of hydrogen-bond acceptors (Lipinski definition) is 2. The van der Waals surface area contributed by atoms with Crippen LogP contribution in [-0.2, 0) is 11.2 Å². The van der Waals surface area contributed by atoms with Gasteiger partial charge >= 0.3 is 0 Å². The fraction of sp³-hybridized carbons (Fsp3) is 0.429. The molecule has 0 spiro atoms. The topological polar surface area (TPSA) is 18.5 Å². The van der Waals surface area contributed by atoms with E-state index in [0.717, 1.165) is 17.5 Å². The van der Waals surface area contributed by atoms with Gasteiger partial charge in [-0.1, -0.05) is 45.9 Å². The molecule has 0 aliphatic carbocycles. The summed E-state index contributed by atoms with van der Waals surface area (Å²) in [6.45, 7) is 8.51. The summed E-state index contributed by atoms with van der Waals surface area (Å²) < 4.78 is 25.6. The largest absolute Gasteiger partial charge is 0.497 e. The molecule has 0 aliphatic heterocycles. The summed E-state index contributed by atoms with van der Waals surface area (Å²) in [5, 5.41) is 0. The van der Waals surface area contributed by atoms with E-state index in [9.17, 15) is 4.39 Å². The summed E-state index contributed by atoms with van der Waals surface area (Å²) in [6, 6.07) is 11.0. The minimum absolute atomic E-state index is 0.106. The third kappa shape index (κ3) is 3.78. The number of aryl methyl sites for hydroxylation is 1. The second kappa shape index (κ2) is 7.35. The summed E-state index contributed by atoms with van der Waals surface area (Å²) in [7, 11) is 3.30. The van der Waals surface area contributed by atoms with Crippen LogP contribution in [0.25, 0.3) is 11.1 Å². The molecule has 2 nitrogen and oxygen atoms in total. The van der Waals surface area contributed by atoms with E-state index in [1.807, 2.05) is 12.1 Å². The fourth-order valence-corrected chi connectivity index (χ4v) is 3.08. The molecule has 1 atom stereocenters. The molecule has 2 aromatic carbocycles. The maximum Gasteiger partial charge on any atom is 0.131 e. The van der Waals surface area contributed by atoms with E-state index in [-0.39, 0.29) is 17.3 Å². The molecule has 130 valence electrons. The van der Waals surface area contributed by atoms with E-state index in [4.69, 9.17) is 9.47 Å². The van der Waals surface area contributed by atoms with Gasteiger partial charge in [0.1, 0.15) is 11.6 Å². The second-order valence-electron chi connectivity index (χ2n) is 7.10. The number of methoxy groups -OCH3 is 2. The summed E-state index contributed by atoms with van der Waals surface area (Å²) >= 11 is 0. The van der Waals surface area contributed by atoms with Crippen molar-refractivity contribution in [3.8, 4) is 16.9 Å². The molecule has 0 aliphatic rings. The van der Waals surface area contributed by atoms with Crippen molar-refractivity contribution in [3.63, 3.8) is 0 Å². The van der Waals surface area contributed by atoms with Crippen LogP contribution in [0.4, 0.5) is 4.39 Å². The molecule has 24 heavy (non-hydrogen) atoms. The summed E-state index contributed by atoms with van der Waals surface area (Å²) in [5.41, 5.74) is 3.51. The molecule has 0 heterocycles. The van der Waals surface area contributed by atoms with Crippen molar-refractivity contribution >= 4 is 0 Å². The first-order chi connectivity index (χ1) is 11.3. The molecule has 0 saturated heterocycles. The maximum absolute atomic E-state index is 14.5. The Hall–Kier alpha value is -1.87. The Kier molecular flexibility index (Phi) is 5.66. The quantitative estimate of drug-likeness (QED) is 0.690. The zero-order chi connectivity index (χ0) is 17.9. The van der Waals surface area contributed by atoms with Crippen molar-refractivity contribution in [3.05, 3.63) is 53.3 Å². The molecular weight excluding hydrogens is 303 g/mol. The highest BCUT2D eigenvalue weighted by molar-refractivity contribution is 5.70. The maximum atomic E-state index is 14.5. The van der Waals surface area contributed by atoms with Crippen molar-refractivity contribution in [1.82, 2.24) is 0 Å². The normalized spacial score (nSPS) is 13.0. The Labute approximate surface area is 144 Å². The van der Waals surface area contributed by atoms with Gasteiger partial charge in [-0.05, 0) is 46.7 Å². The molecule has 2 aromatic rings. The van der Waals surface area contributed by atoms with Gasteiger partial charge in [-0.3, -0.25) is 0 Å². The molecule has 2 rings (SSSR count). The zero-order valence-electron chi connectivity index (χ0n) is 15.4. The average molecular weight is 330 g/mol. The van der Waals surface area contributed by atoms with Crippen LogP contribution in [0.5, 0.6) is 5.75 Å². The lowest BCUT2D eigenvalue weighted by Gasteiger charge is -2.32. The molecule has 0 N–H and O–H groups in total. The van der Waals surface area contributed by atoms with Crippen LogP contribution >= 0.6 is 0 Å². The number of rotatable bonds is 5. The number of benzene rings is 2. The Morgan fingerprint density at radius 1 is 1.00 bits per heavy atom. The van der Waals surface area contributed by atoms with Gasteiger partial charge in [-0.2, -0.15) is 0 Å². The predicted molar refractivity (Wildman–Crippen MR) is 97.0 cm³/mol. The number of hydrogen-bond donors (Lipinski definition) is 0. The summed E-state index contributed by atoms with van der Waals surface area (Å²) in [4.78, 5) is 0. The van der Waals surface area contributed by atoms with Crippen LogP contribution < -0.4 is 4.74 Å². The zero-order valence-corrected chi connectivity index (χ0v) is 15.4. The lowest BCUT2D eigenvalue weighted by atomic mass is 9.81. The minimum Gasteiger partial charge on any atom is -0.497 e. The van der Waals surface area contributed by atoms with Crippen LogP contribution in [0.15, 0.2) is 36.4 Å². The van der Waals surface area contributed by atoms with E-state index in [1.54, 1.807) is 26.4 Å². The predicted octanol–water partition coefficient (Wildman–Crippen LogP) is 5.80. The van der Waals surface area contributed by atoms with Gasteiger partial charge in [-0.15, -0.1) is 0 Å². The van der Waals surface area contributed by atoms with Crippen LogP contribution in [-0.4, -0.2) is 14.2 Å². The Morgan fingerprint density at radius 2 is 1.71 bits per heavy atom. The van der Waals surface area contributed by atoms with Gasteiger partial charge in [0.2, 0.25) is 0 Å². The third-order valence-corrected chi connectivity index (χ3v) is 4.29. The SMILES string of the molecule is CCc1ccc(-c2cc(OC)ccc2F)c([C@H](OC)C(C)(C)C)c1. The molecule has 0 saturated carbocycles. The highest BCUT2D eigenvalue weighted by Crippen LogP contribution is 2.42. The van der Waals surface area contributed by atoms with Crippen molar-refractivity contribution in [2.45, 2.75) is 40.2 Å². The van der Waals surface area contributed by atoms with E-state index in [1.165, 1.54) is 11.6 Å². The van der Waals surface area contributed by atoms with Gasteiger partial charge in [0.25, 0.3) is 0 Å². The van der Waals surface area contributed by atoms with E-state index >= 15 is 0 Å². The van der Waals surface area contributed by atoms with Gasteiger partial charge in [0, 0.05) is 12.7 Å². The summed E-state index contributed by atoms with van der Waals surface area (Å²) in [6.07, 6.45) is 0.790. The minimum atomic E-state index is -0.259. The molecular formula is C21H27FO2. The van der Waals surface area contributed by atoms with E-state index < -0.39 is 0 Å². The average Bonchev–Trinajstić information content (AvgIpc) is 2.55. The second-order valence-corrected chi connectivity index (χ2v) is 7.10. The standard InChI is InChI=1S/C21H27FO2/c1-7-14-8-10-16(17-13-15(23-5)9-11-19(17)22)18(12-14)20(24-6)21(2,3)4/h8-13,20H,7H2,1-6H3/t20-/m0/s1. The van der Waals surface area contributed by atoms with Crippen molar-refractivity contribution in [2.24, 2.45) is 5.41 Å². The van der Waals surface area contributed by atoms with Gasteiger partial charge in [-0.25, -0.2) is 4.39 Å². The van der Waals surface area contributed by atoms with Crippen LogP contribution in [0.2, 0.25) is 0 Å². The number of halogens is 1. The van der Waals surface area contributed by atoms with E-state index in [2.05, 4.69) is 33.8 Å². The van der Waals surface area contributed by atoms with Gasteiger partial charge in [0.15, 0.2) is 0 Å². The molecule has 0 amide bonds. The van der Waals surface area contributed by atoms with Crippen molar-refractivity contribution < 1.29 is 13.9 Å². The molecule has 0 bridgehead atoms. The van der Waals surface area contributed by atoms with Crippen LogP contribution in [0.1, 0.15) is 44.9 Å².